The van der Waals surface area contributed by atoms with Gasteiger partial charge >= 0.3 is 0 Å². The minimum atomic E-state index is 0.241. The summed E-state index contributed by atoms with van der Waals surface area (Å²) in [6.45, 7) is 4.72. The lowest BCUT2D eigenvalue weighted by Gasteiger charge is -2.36. The summed E-state index contributed by atoms with van der Waals surface area (Å²) in [6, 6.07) is 1.21. The van der Waals surface area contributed by atoms with Crippen molar-refractivity contribution in [2.45, 2.75) is 50.6 Å². The molecule has 0 spiro atoms. The van der Waals surface area contributed by atoms with E-state index in [4.69, 9.17) is 0 Å². The Morgan fingerprint density at radius 3 is 2.61 bits per heavy atom. The van der Waals surface area contributed by atoms with Crippen LogP contribution in [0.15, 0.2) is 0 Å². The molecule has 3 fully saturated rings. The first kappa shape index (κ1) is 12.4. The molecule has 18 heavy (non-hydrogen) atoms. The average molecular weight is 251 g/mol. The van der Waals surface area contributed by atoms with Crippen LogP contribution in [0, 0.1) is 5.92 Å². The van der Waals surface area contributed by atoms with Crippen molar-refractivity contribution in [3.63, 3.8) is 0 Å². The van der Waals surface area contributed by atoms with E-state index in [2.05, 4.69) is 15.5 Å². The molecule has 3 aliphatic rings. The molecule has 2 unspecified atom stereocenters. The maximum absolute atomic E-state index is 11.2. The summed E-state index contributed by atoms with van der Waals surface area (Å²) < 4.78 is 0. The second kappa shape index (κ2) is 5.57. The molecule has 3 heterocycles. The van der Waals surface area contributed by atoms with E-state index in [0.717, 1.165) is 31.3 Å². The van der Waals surface area contributed by atoms with Crippen LogP contribution >= 0.6 is 0 Å². The van der Waals surface area contributed by atoms with Gasteiger partial charge in [-0.25, -0.2) is 0 Å². The lowest BCUT2D eigenvalue weighted by molar-refractivity contribution is -0.119. The molecule has 2 atom stereocenters. The van der Waals surface area contributed by atoms with Gasteiger partial charge in [-0.15, -0.1) is 0 Å². The number of hydrogen-bond acceptors (Lipinski definition) is 3. The third-order valence-corrected chi connectivity index (χ3v) is 4.86. The lowest BCUT2D eigenvalue weighted by atomic mass is 9.88. The van der Waals surface area contributed by atoms with Gasteiger partial charge < -0.3 is 15.5 Å². The van der Waals surface area contributed by atoms with Gasteiger partial charge in [0.25, 0.3) is 0 Å². The van der Waals surface area contributed by atoms with Crippen molar-refractivity contribution in [2.75, 3.05) is 26.2 Å². The highest BCUT2D eigenvalue weighted by Crippen LogP contribution is 2.26. The van der Waals surface area contributed by atoms with Gasteiger partial charge in [-0.2, -0.15) is 0 Å². The van der Waals surface area contributed by atoms with Crippen molar-refractivity contribution >= 4 is 5.91 Å². The van der Waals surface area contributed by atoms with Crippen LogP contribution in [0.5, 0.6) is 0 Å². The van der Waals surface area contributed by atoms with Gasteiger partial charge in [-0.3, -0.25) is 4.79 Å². The number of nitrogens with zero attached hydrogens (tertiary/aromatic N) is 1. The number of hydrogen-bond donors (Lipinski definition) is 2. The van der Waals surface area contributed by atoms with Crippen molar-refractivity contribution < 1.29 is 4.79 Å². The van der Waals surface area contributed by atoms with E-state index in [1.54, 1.807) is 0 Å². The van der Waals surface area contributed by atoms with Gasteiger partial charge in [0.15, 0.2) is 0 Å². The number of carbonyl (C=O) groups is 1. The fraction of sp³-hybridized carbons (Fsp3) is 0.929. The standard InChI is InChI=1S/C14H25N3O/c18-14-4-3-12(16-14)10-17-8-5-11(6-9-17)13-2-1-7-15-13/h11-13,15H,1-10H2,(H,16,18). The van der Waals surface area contributed by atoms with Crippen molar-refractivity contribution in [3.8, 4) is 0 Å². The largest absolute Gasteiger partial charge is 0.352 e. The molecular weight excluding hydrogens is 226 g/mol. The Balaban J connectivity index is 1.41. The molecule has 0 aromatic heterocycles. The monoisotopic (exact) mass is 251 g/mol. The molecule has 2 N–H and O–H groups in total. The first-order valence-corrected chi connectivity index (χ1v) is 7.56. The highest BCUT2D eigenvalue weighted by molar-refractivity contribution is 5.78. The summed E-state index contributed by atoms with van der Waals surface area (Å²) in [7, 11) is 0. The predicted octanol–water partition coefficient (Wildman–Crippen LogP) is 0.729. The summed E-state index contributed by atoms with van der Waals surface area (Å²) in [6.07, 6.45) is 7.16. The Labute approximate surface area is 109 Å². The molecule has 3 aliphatic heterocycles. The maximum Gasteiger partial charge on any atom is 0.220 e. The molecule has 3 rings (SSSR count). The molecule has 0 radical (unpaired) electrons. The fourth-order valence-corrected chi connectivity index (χ4v) is 3.78. The van der Waals surface area contributed by atoms with E-state index in [-0.39, 0.29) is 5.91 Å². The Bertz CT molecular complexity index is 293. The Morgan fingerprint density at radius 2 is 2.00 bits per heavy atom. The minimum Gasteiger partial charge on any atom is -0.352 e. The number of likely N-dealkylation sites (tertiary alicyclic amines) is 1. The molecule has 0 aromatic carbocycles. The van der Waals surface area contributed by atoms with Crippen LogP contribution in [0.2, 0.25) is 0 Å². The van der Waals surface area contributed by atoms with Crippen molar-refractivity contribution in [2.24, 2.45) is 5.92 Å². The molecule has 0 aliphatic carbocycles. The van der Waals surface area contributed by atoms with Crippen LogP contribution in [0.1, 0.15) is 38.5 Å². The first-order valence-electron chi connectivity index (χ1n) is 7.56. The van der Waals surface area contributed by atoms with Gasteiger partial charge in [-0.05, 0) is 57.7 Å². The highest BCUT2D eigenvalue weighted by atomic mass is 16.1. The number of nitrogens with one attached hydrogen (secondary N) is 2. The number of rotatable bonds is 3. The van der Waals surface area contributed by atoms with Gasteiger partial charge in [0, 0.05) is 25.0 Å². The molecule has 0 bridgehead atoms. The summed E-state index contributed by atoms with van der Waals surface area (Å²) in [5.74, 6) is 1.13. The van der Waals surface area contributed by atoms with Gasteiger partial charge in [0.1, 0.15) is 0 Å². The van der Waals surface area contributed by atoms with Gasteiger partial charge in [0.05, 0.1) is 0 Å². The Morgan fingerprint density at radius 1 is 1.17 bits per heavy atom. The second-order valence-corrected chi connectivity index (χ2v) is 6.14. The van der Waals surface area contributed by atoms with Crippen LogP contribution in [-0.4, -0.2) is 49.1 Å². The minimum absolute atomic E-state index is 0.241. The van der Waals surface area contributed by atoms with Crippen molar-refractivity contribution in [1.29, 1.82) is 0 Å². The lowest BCUT2D eigenvalue weighted by Crippen LogP contribution is -2.45. The maximum atomic E-state index is 11.2. The molecule has 4 nitrogen and oxygen atoms in total. The quantitative estimate of drug-likeness (QED) is 0.777. The van der Waals surface area contributed by atoms with Crippen LogP contribution < -0.4 is 10.6 Å². The van der Waals surface area contributed by atoms with Crippen molar-refractivity contribution in [3.05, 3.63) is 0 Å². The summed E-state index contributed by atoms with van der Waals surface area (Å²) in [5.41, 5.74) is 0. The van der Waals surface area contributed by atoms with Crippen LogP contribution in [0.3, 0.4) is 0 Å². The third-order valence-electron chi connectivity index (χ3n) is 4.86. The third kappa shape index (κ3) is 2.86. The zero-order valence-corrected chi connectivity index (χ0v) is 11.2. The molecular formula is C14H25N3O. The summed E-state index contributed by atoms with van der Waals surface area (Å²) >= 11 is 0. The van der Waals surface area contributed by atoms with Crippen LogP contribution in [0.4, 0.5) is 0 Å². The first-order chi connectivity index (χ1) is 8.81. The Hall–Kier alpha value is -0.610. The molecule has 0 saturated carbocycles. The predicted molar refractivity (Wildman–Crippen MR) is 71.4 cm³/mol. The fourth-order valence-electron chi connectivity index (χ4n) is 3.78. The molecule has 3 saturated heterocycles. The van der Waals surface area contributed by atoms with Crippen LogP contribution in [0.25, 0.3) is 0 Å². The van der Waals surface area contributed by atoms with Crippen LogP contribution in [-0.2, 0) is 4.79 Å². The molecule has 4 heteroatoms. The summed E-state index contributed by atoms with van der Waals surface area (Å²) in [5, 5.41) is 6.72. The Kier molecular flexibility index (Phi) is 3.85. The molecule has 1 amide bonds. The van der Waals surface area contributed by atoms with E-state index < -0.39 is 0 Å². The van der Waals surface area contributed by atoms with Gasteiger partial charge in [-0.1, -0.05) is 0 Å². The SMILES string of the molecule is O=C1CCC(CN2CCC(C3CCCN3)CC2)N1. The van der Waals surface area contributed by atoms with E-state index >= 15 is 0 Å². The molecule has 102 valence electrons. The van der Waals surface area contributed by atoms with E-state index in [9.17, 15) is 4.79 Å². The van der Waals surface area contributed by atoms with E-state index in [1.165, 1.54) is 45.3 Å². The van der Waals surface area contributed by atoms with Crippen molar-refractivity contribution in [1.82, 2.24) is 15.5 Å². The average Bonchev–Trinajstić information content (AvgIpc) is 3.02. The number of carbonyl (C=O) groups excluding carboxylic acids is 1. The normalized spacial score (nSPS) is 35.0. The van der Waals surface area contributed by atoms with Gasteiger partial charge in [0.2, 0.25) is 5.91 Å². The second-order valence-electron chi connectivity index (χ2n) is 6.14. The zero-order chi connectivity index (χ0) is 12.4. The highest BCUT2D eigenvalue weighted by Gasteiger charge is 2.30. The summed E-state index contributed by atoms with van der Waals surface area (Å²) in [4.78, 5) is 13.7. The smallest absolute Gasteiger partial charge is 0.220 e. The molecule has 0 aromatic rings. The number of amides is 1. The van der Waals surface area contributed by atoms with E-state index in [1.807, 2.05) is 0 Å². The zero-order valence-electron chi connectivity index (χ0n) is 11.2. The number of piperidine rings is 1. The van der Waals surface area contributed by atoms with E-state index in [0.29, 0.717) is 6.04 Å². The topological polar surface area (TPSA) is 44.4 Å².